The van der Waals surface area contributed by atoms with E-state index < -0.39 is 26.6 Å². The normalized spacial score (nSPS) is 13.8. The Morgan fingerprint density at radius 2 is 0.718 bits per heavy atom. The zero-order chi connectivity index (χ0) is 62.1. The van der Waals surface area contributed by atoms with Crippen LogP contribution in [0.5, 0.6) is 0 Å². The van der Waals surface area contributed by atoms with Gasteiger partial charge in [-0.1, -0.05) is 326 Å². The van der Waals surface area contributed by atoms with E-state index in [1.165, 1.54) is 231 Å². The molecule has 498 valence electrons. The van der Waals surface area contributed by atoms with Crippen LogP contribution in [-0.2, 0) is 27.9 Å². The number of esters is 1. The van der Waals surface area contributed by atoms with Crippen LogP contribution in [0.25, 0.3) is 0 Å². The summed E-state index contributed by atoms with van der Waals surface area (Å²) in [5, 5.41) is 3.04. The third-order valence-corrected chi connectivity index (χ3v) is 17.4. The third-order valence-electron chi connectivity index (χ3n) is 16.5. The molecule has 0 aromatic rings. The molecule has 0 fully saturated rings. The van der Waals surface area contributed by atoms with E-state index in [4.69, 9.17) is 13.8 Å². The van der Waals surface area contributed by atoms with Crippen molar-refractivity contribution in [3.63, 3.8) is 0 Å². The van der Waals surface area contributed by atoms with Crippen molar-refractivity contribution in [1.29, 1.82) is 0 Å². The van der Waals surface area contributed by atoms with Crippen LogP contribution in [0.1, 0.15) is 355 Å². The SMILES string of the molecule is CCCCC/C=C\C/C=C\C/C=C\C/C=C\CCCCCCCCCC(=O)NC(COP(=O)([O-])OCC[N+](C)(C)C)C(/C=C/CCCCCCCCCCC)OC(=O)CCCCCCCCCCCCCCCCCCCCCCCCCCC. The Kier molecular flexibility index (Phi) is 62.9. The highest BCUT2D eigenvalue weighted by atomic mass is 31.2. The van der Waals surface area contributed by atoms with Crippen molar-refractivity contribution in [2.75, 3.05) is 40.9 Å². The predicted molar refractivity (Wildman–Crippen MR) is 367 cm³/mol. The lowest BCUT2D eigenvalue weighted by atomic mass is 10.0. The number of nitrogens with zero attached hydrogens (tertiary/aromatic N) is 1. The fourth-order valence-electron chi connectivity index (χ4n) is 10.8. The van der Waals surface area contributed by atoms with Gasteiger partial charge >= 0.3 is 5.97 Å². The molecule has 0 radical (unpaired) electrons. The number of unbranched alkanes of at least 4 members (excludes halogenated alkanes) is 43. The van der Waals surface area contributed by atoms with Gasteiger partial charge in [0, 0.05) is 12.8 Å². The number of amides is 1. The highest BCUT2D eigenvalue weighted by Gasteiger charge is 2.27. The van der Waals surface area contributed by atoms with E-state index in [0.717, 1.165) is 89.9 Å². The minimum atomic E-state index is -4.71. The van der Waals surface area contributed by atoms with Gasteiger partial charge in [0.1, 0.15) is 19.3 Å². The number of hydrogen-bond donors (Lipinski definition) is 1. The second-order valence-electron chi connectivity index (χ2n) is 26.1. The second kappa shape index (κ2) is 64.7. The van der Waals surface area contributed by atoms with Crippen molar-refractivity contribution in [1.82, 2.24) is 5.32 Å². The number of nitrogens with one attached hydrogen (secondary N) is 1. The molecule has 0 saturated heterocycles. The highest BCUT2D eigenvalue weighted by Crippen LogP contribution is 2.38. The second-order valence-corrected chi connectivity index (χ2v) is 27.5. The van der Waals surface area contributed by atoms with Gasteiger partial charge in [0.2, 0.25) is 5.91 Å². The van der Waals surface area contributed by atoms with Gasteiger partial charge in [0.25, 0.3) is 7.82 Å². The molecule has 0 saturated carbocycles. The maximum atomic E-state index is 13.6. The van der Waals surface area contributed by atoms with Crippen LogP contribution in [0, 0.1) is 0 Å². The zero-order valence-electron chi connectivity index (χ0n) is 57.1. The first-order valence-corrected chi connectivity index (χ1v) is 38.1. The summed E-state index contributed by atoms with van der Waals surface area (Å²) in [5.74, 6) is -0.539. The molecule has 1 amide bonds. The first-order valence-electron chi connectivity index (χ1n) is 36.6. The monoisotopic (exact) mass is 1210 g/mol. The molecule has 0 aromatic carbocycles. The number of rotatable bonds is 67. The summed E-state index contributed by atoms with van der Waals surface area (Å²) in [7, 11) is 1.19. The number of phosphoric acid groups is 1. The molecule has 10 heteroatoms. The predicted octanol–water partition coefficient (Wildman–Crippen LogP) is 22.7. The molecule has 0 bridgehead atoms. The van der Waals surface area contributed by atoms with Gasteiger partial charge in [0.05, 0.1) is 33.8 Å². The van der Waals surface area contributed by atoms with Crippen LogP contribution in [-0.4, -0.2) is 69.4 Å². The Labute approximate surface area is 528 Å². The van der Waals surface area contributed by atoms with E-state index >= 15 is 0 Å². The topological polar surface area (TPSA) is 114 Å². The van der Waals surface area contributed by atoms with Crippen LogP contribution < -0.4 is 10.2 Å². The molecule has 3 atom stereocenters. The Bertz CT molecular complexity index is 1640. The van der Waals surface area contributed by atoms with E-state index in [9.17, 15) is 19.0 Å². The van der Waals surface area contributed by atoms with Crippen LogP contribution in [0.15, 0.2) is 60.8 Å². The smallest absolute Gasteiger partial charge is 0.306 e. The summed E-state index contributed by atoms with van der Waals surface area (Å²) in [5.41, 5.74) is 0. The molecule has 1 N–H and O–H groups in total. The lowest BCUT2D eigenvalue weighted by Gasteiger charge is -2.30. The molecule has 85 heavy (non-hydrogen) atoms. The van der Waals surface area contributed by atoms with Gasteiger partial charge in [-0.3, -0.25) is 14.2 Å². The van der Waals surface area contributed by atoms with Crippen molar-refractivity contribution < 1.29 is 37.3 Å². The minimum absolute atomic E-state index is 0.0244. The van der Waals surface area contributed by atoms with E-state index in [1.54, 1.807) is 0 Å². The summed E-state index contributed by atoms with van der Waals surface area (Å²) in [6.07, 6.45) is 83.5. The number of likely N-dealkylation sites (N-methyl/N-ethyl adjacent to an activating group) is 1. The Morgan fingerprint density at radius 1 is 0.412 bits per heavy atom. The van der Waals surface area contributed by atoms with Crippen molar-refractivity contribution in [3.05, 3.63) is 60.8 Å². The molecular weight excluding hydrogens is 1070 g/mol. The highest BCUT2D eigenvalue weighted by molar-refractivity contribution is 7.45. The van der Waals surface area contributed by atoms with Crippen LogP contribution in [0.2, 0.25) is 0 Å². The fraction of sp³-hybridized carbons (Fsp3) is 0.840. The Morgan fingerprint density at radius 3 is 1.09 bits per heavy atom. The van der Waals surface area contributed by atoms with Gasteiger partial charge in [-0.25, -0.2) is 0 Å². The maximum Gasteiger partial charge on any atom is 0.306 e. The number of ether oxygens (including phenoxy) is 1. The van der Waals surface area contributed by atoms with Crippen LogP contribution in [0.4, 0.5) is 0 Å². The minimum Gasteiger partial charge on any atom is -0.756 e. The molecule has 0 aliphatic carbocycles. The number of quaternary nitrogens is 1. The summed E-state index contributed by atoms with van der Waals surface area (Å²) < 4.78 is 30.4. The quantitative estimate of drug-likeness (QED) is 0.0212. The molecular formula is C75H141N2O7P. The van der Waals surface area contributed by atoms with E-state index in [2.05, 4.69) is 74.7 Å². The van der Waals surface area contributed by atoms with Crippen molar-refractivity contribution in [2.24, 2.45) is 0 Å². The first kappa shape index (κ1) is 82.7. The molecule has 3 unspecified atom stereocenters. The zero-order valence-corrected chi connectivity index (χ0v) is 58.0. The van der Waals surface area contributed by atoms with Gasteiger partial charge in [0.15, 0.2) is 0 Å². The summed E-state index contributed by atoms with van der Waals surface area (Å²) in [6.45, 7) is 6.85. The summed E-state index contributed by atoms with van der Waals surface area (Å²) >= 11 is 0. The molecule has 9 nitrogen and oxygen atoms in total. The summed E-state index contributed by atoms with van der Waals surface area (Å²) in [4.78, 5) is 40.2. The standard InChI is InChI=1S/C75H141N2O7P/c1-7-10-13-16-19-22-25-27-29-31-33-35-37-38-40-42-44-46-48-50-53-56-59-62-65-68-75(79)84-73(66-63-60-57-54-51-24-21-18-15-12-9-3)72(71-83-85(80,81)82-70-69-77(4,5)6)76-74(78)67-64-61-58-55-52-49-47-45-43-41-39-36-34-32-30-28-26-23-20-17-14-11-8-2/h20,23,28,30,34,36,41,43,63,66,72-73H,7-19,21-22,24-27,29,31-33,35,37-40,42,44-62,64-65,67-71H2,1-6H3,(H-,76,78,80,81)/b23-20-,30-28-,36-34-,43-41-,66-63+. The molecule has 0 heterocycles. The van der Waals surface area contributed by atoms with Gasteiger partial charge in [-0.15, -0.1) is 0 Å². The molecule has 0 aromatic heterocycles. The molecule has 0 aliphatic heterocycles. The van der Waals surface area contributed by atoms with E-state index in [1.807, 2.05) is 33.3 Å². The van der Waals surface area contributed by atoms with Gasteiger partial charge < -0.3 is 28.5 Å². The Hall–Kier alpha value is -2.29. The van der Waals surface area contributed by atoms with Crippen molar-refractivity contribution in [2.45, 2.75) is 367 Å². The summed E-state index contributed by atoms with van der Waals surface area (Å²) in [6, 6.07) is -0.895. The van der Waals surface area contributed by atoms with E-state index in [0.29, 0.717) is 17.4 Å². The molecule has 0 spiro atoms. The third kappa shape index (κ3) is 66.0. The number of phosphoric ester groups is 1. The molecule has 0 aliphatic rings. The average Bonchev–Trinajstić information content (AvgIpc) is 3.62. The van der Waals surface area contributed by atoms with Crippen LogP contribution >= 0.6 is 7.82 Å². The first-order chi connectivity index (χ1) is 41.4. The number of carbonyl (C=O) groups is 2. The average molecular weight is 1210 g/mol. The lowest BCUT2D eigenvalue weighted by Crippen LogP contribution is -2.47. The molecule has 0 rings (SSSR count). The Balaban J connectivity index is 5.00. The van der Waals surface area contributed by atoms with Crippen molar-refractivity contribution in [3.8, 4) is 0 Å². The fourth-order valence-corrected chi connectivity index (χ4v) is 11.5. The van der Waals surface area contributed by atoms with E-state index in [-0.39, 0.29) is 24.9 Å². The van der Waals surface area contributed by atoms with Crippen LogP contribution in [0.3, 0.4) is 0 Å². The lowest BCUT2D eigenvalue weighted by molar-refractivity contribution is -0.870. The largest absolute Gasteiger partial charge is 0.756 e. The maximum absolute atomic E-state index is 13.6. The van der Waals surface area contributed by atoms with Crippen molar-refractivity contribution >= 4 is 19.7 Å². The van der Waals surface area contributed by atoms with Gasteiger partial charge in [-0.05, 0) is 76.7 Å². The number of allylic oxidation sites excluding steroid dienone is 9. The van der Waals surface area contributed by atoms with Gasteiger partial charge in [-0.2, -0.15) is 0 Å². The number of carbonyl (C=O) groups excluding carboxylic acids is 2. The number of hydrogen-bond acceptors (Lipinski definition) is 7.